The van der Waals surface area contributed by atoms with Crippen LogP contribution < -0.4 is 0 Å². The van der Waals surface area contributed by atoms with Crippen molar-refractivity contribution in [1.82, 2.24) is 4.90 Å². The van der Waals surface area contributed by atoms with Gasteiger partial charge < -0.3 is 15.3 Å². The molecular formula is C48H99NO3. The van der Waals surface area contributed by atoms with Gasteiger partial charge in [0, 0.05) is 18.1 Å². The molecule has 0 spiro atoms. The molecule has 0 bridgehead atoms. The van der Waals surface area contributed by atoms with Crippen molar-refractivity contribution in [2.24, 2.45) is 0 Å². The summed E-state index contributed by atoms with van der Waals surface area (Å²) in [5.74, 6) is 0. The zero-order valence-electron chi connectivity index (χ0n) is 36.2. The van der Waals surface area contributed by atoms with Crippen molar-refractivity contribution in [1.29, 1.82) is 0 Å². The molecule has 0 aliphatic rings. The predicted molar refractivity (Wildman–Crippen MR) is 232 cm³/mol. The number of unbranched alkanes of at least 4 members (excludes halogenated alkanes) is 33. The van der Waals surface area contributed by atoms with Crippen LogP contribution in [0.25, 0.3) is 0 Å². The smallest absolute Gasteiger partial charge is 0.0587 e. The Bertz CT molecular complexity index is 560. The van der Waals surface area contributed by atoms with E-state index in [0.29, 0.717) is 0 Å². The second-order valence-electron chi connectivity index (χ2n) is 17.0. The largest absolute Gasteiger partial charge is 0.395 e. The van der Waals surface area contributed by atoms with Crippen molar-refractivity contribution >= 4 is 0 Å². The highest BCUT2D eigenvalue weighted by atomic mass is 16.3. The zero-order valence-corrected chi connectivity index (χ0v) is 36.2. The highest BCUT2D eigenvalue weighted by Crippen LogP contribution is 2.25. The normalized spacial score (nSPS) is 13.7. The van der Waals surface area contributed by atoms with Crippen molar-refractivity contribution in [3.8, 4) is 0 Å². The minimum Gasteiger partial charge on any atom is -0.395 e. The van der Waals surface area contributed by atoms with E-state index in [1.54, 1.807) is 0 Å². The van der Waals surface area contributed by atoms with E-state index in [1.165, 1.54) is 212 Å². The predicted octanol–water partition coefficient (Wildman–Crippen LogP) is 14.6. The van der Waals surface area contributed by atoms with Gasteiger partial charge in [-0.1, -0.05) is 252 Å². The summed E-state index contributed by atoms with van der Waals surface area (Å²) >= 11 is 0. The summed E-state index contributed by atoms with van der Waals surface area (Å²) in [7, 11) is 0. The zero-order chi connectivity index (χ0) is 38.0. The fourth-order valence-electron chi connectivity index (χ4n) is 8.56. The molecule has 0 aromatic carbocycles. The quantitative estimate of drug-likeness (QED) is 0.0545. The van der Waals surface area contributed by atoms with Crippen LogP contribution in [-0.2, 0) is 0 Å². The Morgan fingerprint density at radius 1 is 0.250 bits per heavy atom. The lowest BCUT2D eigenvalue weighted by Crippen LogP contribution is -2.53. The van der Waals surface area contributed by atoms with Gasteiger partial charge in [-0.3, -0.25) is 4.90 Å². The Labute approximate surface area is 328 Å². The van der Waals surface area contributed by atoms with Gasteiger partial charge in [0.1, 0.15) is 0 Å². The van der Waals surface area contributed by atoms with Gasteiger partial charge in [0.25, 0.3) is 0 Å². The first-order valence-corrected chi connectivity index (χ1v) is 24.3. The van der Waals surface area contributed by atoms with E-state index in [1.807, 2.05) is 0 Å². The molecule has 0 aromatic heterocycles. The van der Waals surface area contributed by atoms with E-state index < -0.39 is 0 Å². The van der Waals surface area contributed by atoms with Crippen LogP contribution in [0.1, 0.15) is 271 Å². The lowest BCUT2D eigenvalue weighted by atomic mass is 9.96. The maximum absolute atomic E-state index is 10.7. The van der Waals surface area contributed by atoms with Crippen LogP contribution in [0.2, 0.25) is 0 Å². The lowest BCUT2D eigenvalue weighted by Gasteiger charge is -2.42. The maximum Gasteiger partial charge on any atom is 0.0587 e. The van der Waals surface area contributed by atoms with Gasteiger partial charge in [-0.05, 0) is 19.3 Å². The number of nitrogens with zero attached hydrogens (tertiary/aromatic N) is 1. The molecule has 3 N–H and O–H groups in total. The second kappa shape index (κ2) is 43.6. The van der Waals surface area contributed by atoms with Gasteiger partial charge in [-0.25, -0.2) is 0 Å². The number of aliphatic hydroxyl groups is 3. The molecule has 0 fully saturated rings. The summed E-state index contributed by atoms with van der Waals surface area (Å²) in [6.07, 6.45) is 51.1. The molecule has 0 saturated carbocycles. The molecule has 0 aliphatic carbocycles. The van der Waals surface area contributed by atoms with Crippen LogP contribution in [0.5, 0.6) is 0 Å². The third kappa shape index (κ3) is 33.2. The minimum absolute atomic E-state index is 0.0343. The lowest BCUT2D eigenvalue weighted by molar-refractivity contribution is -0.0141. The van der Waals surface area contributed by atoms with E-state index in [2.05, 4.69) is 25.7 Å². The van der Waals surface area contributed by atoms with Crippen molar-refractivity contribution in [3.63, 3.8) is 0 Å². The fourth-order valence-corrected chi connectivity index (χ4v) is 8.56. The summed E-state index contributed by atoms with van der Waals surface area (Å²) < 4.78 is 0. The molecule has 0 radical (unpaired) electrons. The molecule has 314 valence electrons. The van der Waals surface area contributed by atoms with Crippen molar-refractivity contribution in [2.75, 3.05) is 19.8 Å². The van der Waals surface area contributed by atoms with Crippen LogP contribution in [-0.4, -0.2) is 58.2 Å². The van der Waals surface area contributed by atoms with Gasteiger partial charge >= 0.3 is 0 Å². The number of aliphatic hydroxyl groups excluding tert-OH is 3. The van der Waals surface area contributed by atoms with Crippen LogP contribution in [0.4, 0.5) is 0 Å². The molecule has 0 aromatic rings. The number of rotatable bonds is 45. The molecular weight excluding hydrogens is 639 g/mol. The molecule has 0 rings (SSSR count). The topological polar surface area (TPSA) is 63.9 Å². The van der Waals surface area contributed by atoms with Gasteiger partial charge in [0.15, 0.2) is 0 Å². The van der Waals surface area contributed by atoms with Gasteiger partial charge in [-0.2, -0.15) is 0 Å². The van der Waals surface area contributed by atoms with E-state index in [0.717, 1.165) is 38.5 Å². The fraction of sp³-hybridized carbons (Fsp3) is 1.00. The highest BCUT2D eigenvalue weighted by molar-refractivity contribution is 4.85. The summed E-state index contributed by atoms with van der Waals surface area (Å²) in [6, 6.07) is 0.103. The first-order valence-electron chi connectivity index (χ1n) is 24.3. The first-order chi connectivity index (χ1) is 25.7. The van der Waals surface area contributed by atoms with Crippen molar-refractivity contribution in [2.45, 2.75) is 289 Å². The Morgan fingerprint density at radius 2 is 0.404 bits per heavy atom. The van der Waals surface area contributed by atoms with Crippen LogP contribution in [0.15, 0.2) is 0 Å². The monoisotopic (exact) mass is 738 g/mol. The minimum atomic E-state index is 0.0343. The Hall–Kier alpha value is -0.160. The molecule has 3 atom stereocenters. The molecule has 4 heteroatoms. The van der Waals surface area contributed by atoms with Gasteiger partial charge in [0.05, 0.1) is 19.8 Å². The van der Waals surface area contributed by atoms with Crippen LogP contribution in [0, 0.1) is 0 Å². The number of hydrogen-bond acceptors (Lipinski definition) is 4. The molecule has 0 aliphatic heterocycles. The van der Waals surface area contributed by atoms with Crippen molar-refractivity contribution < 1.29 is 15.3 Å². The third-order valence-electron chi connectivity index (χ3n) is 12.1. The summed E-state index contributed by atoms with van der Waals surface area (Å²) in [6.45, 7) is 7.25. The molecule has 0 saturated heterocycles. The molecule has 4 nitrogen and oxygen atoms in total. The van der Waals surface area contributed by atoms with Gasteiger partial charge in [-0.15, -0.1) is 0 Å². The summed E-state index contributed by atoms with van der Waals surface area (Å²) in [5.41, 5.74) is 0. The molecule has 0 amide bonds. The SMILES string of the molecule is CCCCCCCCCCCCCCC(CO)N(C(CO)CCCCCCCCCCCCCC)C(CO)CCCCCCCCCCCCCC. The van der Waals surface area contributed by atoms with E-state index in [9.17, 15) is 15.3 Å². The molecule has 3 unspecified atom stereocenters. The Balaban J connectivity index is 4.77. The van der Waals surface area contributed by atoms with E-state index in [4.69, 9.17) is 0 Å². The van der Waals surface area contributed by atoms with Crippen LogP contribution >= 0.6 is 0 Å². The molecule has 0 heterocycles. The maximum atomic E-state index is 10.7. The standard InChI is InChI=1S/C48H99NO3/c1-4-7-10-13-16-19-22-25-28-31-34-37-40-46(43-50)49(47(44-51)41-38-35-32-29-26-23-20-17-14-11-8-5-2)48(45-52)42-39-36-33-30-27-24-21-18-15-12-9-6-3/h46-48,50-52H,4-45H2,1-3H3. The number of hydrogen-bond donors (Lipinski definition) is 3. The van der Waals surface area contributed by atoms with E-state index >= 15 is 0 Å². The van der Waals surface area contributed by atoms with Crippen LogP contribution in [0.3, 0.4) is 0 Å². The van der Waals surface area contributed by atoms with Gasteiger partial charge in [0.2, 0.25) is 0 Å². The average molecular weight is 738 g/mol. The first kappa shape index (κ1) is 51.8. The summed E-state index contributed by atoms with van der Waals surface area (Å²) in [5, 5.41) is 32.1. The summed E-state index contributed by atoms with van der Waals surface area (Å²) in [4.78, 5) is 2.41. The Kier molecular flexibility index (Phi) is 43.4. The van der Waals surface area contributed by atoms with E-state index in [-0.39, 0.29) is 37.9 Å². The van der Waals surface area contributed by atoms with Crippen molar-refractivity contribution in [3.05, 3.63) is 0 Å². The molecule has 52 heavy (non-hydrogen) atoms. The highest BCUT2D eigenvalue weighted by Gasteiger charge is 2.31. The Morgan fingerprint density at radius 3 is 0.558 bits per heavy atom. The third-order valence-corrected chi connectivity index (χ3v) is 12.1. The average Bonchev–Trinajstić information content (AvgIpc) is 3.16. The second-order valence-corrected chi connectivity index (χ2v) is 17.0.